The predicted molar refractivity (Wildman–Crippen MR) is 92.0 cm³/mol. The molecule has 0 radical (unpaired) electrons. The molecule has 1 saturated heterocycles. The van der Waals surface area contributed by atoms with Gasteiger partial charge in [-0.25, -0.2) is 4.98 Å². The van der Waals surface area contributed by atoms with E-state index in [1.165, 1.54) is 11.3 Å². The van der Waals surface area contributed by atoms with Crippen molar-refractivity contribution in [3.63, 3.8) is 0 Å². The molecule has 1 fully saturated rings. The maximum Gasteiger partial charge on any atom is 0.241 e. The third kappa shape index (κ3) is 3.64. The Morgan fingerprint density at radius 3 is 3.16 bits per heavy atom. The van der Waals surface area contributed by atoms with Crippen molar-refractivity contribution in [1.29, 1.82) is 0 Å². The molecule has 0 aliphatic carbocycles. The van der Waals surface area contributed by atoms with E-state index in [0.717, 1.165) is 30.8 Å². The van der Waals surface area contributed by atoms with Gasteiger partial charge in [-0.05, 0) is 30.8 Å². The predicted octanol–water partition coefficient (Wildman–Crippen LogP) is 2.68. The number of aromatic nitrogens is 4. The van der Waals surface area contributed by atoms with Crippen molar-refractivity contribution in [3.05, 3.63) is 46.9 Å². The topological polar surface area (TPSA) is 85.0 Å². The van der Waals surface area contributed by atoms with Crippen molar-refractivity contribution in [2.24, 2.45) is 5.92 Å². The van der Waals surface area contributed by atoms with Crippen molar-refractivity contribution in [2.45, 2.75) is 19.4 Å². The summed E-state index contributed by atoms with van der Waals surface area (Å²) in [4.78, 5) is 28.2. The molecular weight excluding hydrogens is 338 g/mol. The van der Waals surface area contributed by atoms with Crippen molar-refractivity contribution in [2.75, 3.05) is 13.1 Å². The first-order valence-electron chi connectivity index (χ1n) is 8.18. The number of nitrogens with zero attached hydrogens (tertiary/aromatic N) is 5. The number of carbonyl (C=O) groups excluding carboxylic acids is 1. The minimum absolute atomic E-state index is 0.0368. The van der Waals surface area contributed by atoms with E-state index in [0.29, 0.717) is 24.0 Å². The van der Waals surface area contributed by atoms with E-state index in [2.05, 4.69) is 25.0 Å². The third-order valence-corrected chi connectivity index (χ3v) is 5.14. The van der Waals surface area contributed by atoms with Gasteiger partial charge in [0.15, 0.2) is 5.78 Å². The van der Waals surface area contributed by atoms with Gasteiger partial charge < -0.3 is 4.52 Å². The van der Waals surface area contributed by atoms with Crippen LogP contribution in [0, 0.1) is 5.92 Å². The largest absolute Gasteiger partial charge is 0.337 e. The highest BCUT2D eigenvalue weighted by molar-refractivity contribution is 7.12. The number of likely N-dealkylation sites (tertiary alicyclic amines) is 1. The fraction of sp³-hybridized carbons (Fsp3) is 0.353. The lowest BCUT2D eigenvalue weighted by Crippen LogP contribution is -2.38. The van der Waals surface area contributed by atoms with Gasteiger partial charge in [0.2, 0.25) is 11.7 Å². The van der Waals surface area contributed by atoms with Gasteiger partial charge in [0.1, 0.15) is 5.69 Å². The average molecular weight is 355 g/mol. The van der Waals surface area contributed by atoms with Crippen LogP contribution in [0.15, 0.2) is 40.6 Å². The Balaban J connectivity index is 1.41. The summed E-state index contributed by atoms with van der Waals surface area (Å²) in [7, 11) is 0. The summed E-state index contributed by atoms with van der Waals surface area (Å²) in [5, 5.41) is 5.91. The van der Waals surface area contributed by atoms with E-state index < -0.39 is 0 Å². The molecule has 0 aromatic carbocycles. The number of rotatable bonds is 5. The number of piperidine rings is 1. The summed E-state index contributed by atoms with van der Waals surface area (Å²) in [6.45, 7) is 2.19. The molecule has 1 atom stereocenters. The van der Waals surface area contributed by atoms with E-state index >= 15 is 0 Å². The van der Waals surface area contributed by atoms with Crippen LogP contribution in [0.5, 0.6) is 0 Å². The minimum atomic E-state index is 0.0368. The number of Topliss-reactive ketones (excluding diaryl/α,β-unsaturated/α-hetero) is 1. The zero-order chi connectivity index (χ0) is 17.1. The second-order valence-corrected chi connectivity index (χ2v) is 6.97. The summed E-state index contributed by atoms with van der Waals surface area (Å²) in [5.41, 5.74) is 0.585. The molecule has 7 nitrogen and oxygen atoms in total. The van der Waals surface area contributed by atoms with Crippen LogP contribution in [0.25, 0.3) is 11.5 Å². The van der Waals surface area contributed by atoms with Crippen molar-refractivity contribution >= 4 is 17.1 Å². The Labute approximate surface area is 148 Å². The Kier molecular flexibility index (Phi) is 4.62. The Morgan fingerprint density at radius 1 is 1.40 bits per heavy atom. The molecule has 4 rings (SSSR count). The molecule has 128 valence electrons. The van der Waals surface area contributed by atoms with Crippen molar-refractivity contribution < 1.29 is 9.32 Å². The number of ketones is 1. The second kappa shape index (κ2) is 7.20. The first-order chi connectivity index (χ1) is 12.3. The number of hydrogen-bond donors (Lipinski definition) is 0. The fourth-order valence-corrected chi connectivity index (χ4v) is 3.81. The lowest BCUT2D eigenvalue weighted by molar-refractivity contribution is 0.0801. The molecule has 0 amide bonds. The van der Waals surface area contributed by atoms with E-state index in [1.807, 2.05) is 17.5 Å². The molecule has 1 aliphatic heterocycles. The molecule has 3 aromatic rings. The van der Waals surface area contributed by atoms with Gasteiger partial charge >= 0.3 is 0 Å². The molecule has 0 saturated carbocycles. The second-order valence-electron chi connectivity index (χ2n) is 6.02. The lowest BCUT2D eigenvalue weighted by Gasteiger charge is -2.30. The quantitative estimate of drug-likeness (QED) is 0.650. The normalized spacial score (nSPS) is 18.3. The Hall–Kier alpha value is -2.45. The van der Waals surface area contributed by atoms with Crippen LogP contribution in [0.2, 0.25) is 0 Å². The van der Waals surface area contributed by atoms with Crippen LogP contribution >= 0.6 is 11.3 Å². The third-order valence-electron chi connectivity index (χ3n) is 4.26. The smallest absolute Gasteiger partial charge is 0.241 e. The minimum Gasteiger partial charge on any atom is -0.337 e. The standard InChI is InChI=1S/C17H17N5O2S/c23-16(14-4-2-8-25-14)12-3-1-7-22(10-12)11-15-20-17(21-24-15)13-9-18-5-6-19-13/h2,4-6,8-9,12H,1,3,7,10-11H2. The van der Waals surface area contributed by atoms with Gasteiger partial charge in [-0.2, -0.15) is 4.98 Å². The summed E-state index contributed by atoms with van der Waals surface area (Å²) < 4.78 is 5.34. The molecule has 0 bridgehead atoms. The molecule has 4 heterocycles. The first kappa shape index (κ1) is 16.0. The number of thiophene rings is 1. The number of carbonyl (C=O) groups is 1. The average Bonchev–Trinajstić information content (AvgIpc) is 3.34. The van der Waals surface area contributed by atoms with Crippen LogP contribution in [0.4, 0.5) is 0 Å². The van der Waals surface area contributed by atoms with Crippen LogP contribution in [0.3, 0.4) is 0 Å². The Bertz CT molecular complexity index is 834. The molecule has 3 aromatic heterocycles. The zero-order valence-corrected chi connectivity index (χ0v) is 14.4. The van der Waals surface area contributed by atoms with Gasteiger partial charge in [-0.1, -0.05) is 11.2 Å². The molecule has 0 spiro atoms. The highest BCUT2D eigenvalue weighted by Gasteiger charge is 2.28. The monoisotopic (exact) mass is 355 g/mol. The summed E-state index contributed by atoms with van der Waals surface area (Å²) in [6.07, 6.45) is 6.72. The van der Waals surface area contributed by atoms with E-state index in [-0.39, 0.29) is 11.7 Å². The van der Waals surface area contributed by atoms with Gasteiger partial charge in [-0.15, -0.1) is 11.3 Å². The van der Waals surface area contributed by atoms with Gasteiger partial charge in [0, 0.05) is 24.9 Å². The Morgan fingerprint density at radius 2 is 2.36 bits per heavy atom. The maximum atomic E-state index is 12.6. The molecule has 1 aliphatic rings. The van der Waals surface area contributed by atoms with Gasteiger partial charge in [-0.3, -0.25) is 14.7 Å². The number of hydrogen-bond acceptors (Lipinski definition) is 8. The summed E-state index contributed by atoms with van der Waals surface area (Å²) in [6, 6.07) is 3.82. The van der Waals surface area contributed by atoms with Crippen molar-refractivity contribution in [3.8, 4) is 11.5 Å². The lowest BCUT2D eigenvalue weighted by atomic mass is 9.93. The van der Waals surface area contributed by atoms with Gasteiger partial charge in [0.25, 0.3) is 0 Å². The van der Waals surface area contributed by atoms with E-state index in [1.54, 1.807) is 18.6 Å². The van der Waals surface area contributed by atoms with E-state index in [9.17, 15) is 4.79 Å². The first-order valence-corrected chi connectivity index (χ1v) is 9.06. The van der Waals surface area contributed by atoms with Crippen LogP contribution in [-0.4, -0.2) is 43.9 Å². The SMILES string of the molecule is O=C(c1cccs1)C1CCCN(Cc2nc(-c3cnccn3)no2)C1. The molecule has 1 unspecified atom stereocenters. The van der Waals surface area contributed by atoms with Crippen LogP contribution in [-0.2, 0) is 6.54 Å². The maximum absolute atomic E-state index is 12.6. The molecule has 0 N–H and O–H groups in total. The highest BCUT2D eigenvalue weighted by atomic mass is 32.1. The summed E-state index contributed by atoms with van der Waals surface area (Å²) in [5.74, 6) is 1.25. The van der Waals surface area contributed by atoms with Gasteiger partial charge in [0.05, 0.1) is 17.6 Å². The molecule has 25 heavy (non-hydrogen) atoms. The zero-order valence-electron chi connectivity index (χ0n) is 13.5. The highest BCUT2D eigenvalue weighted by Crippen LogP contribution is 2.24. The van der Waals surface area contributed by atoms with Crippen LogP contribution < -0.4 is 0 Å². The van der Waals surface area contributed by atoms with Crippen molar-refractivity contribution in [1.82, 2.24) is 25.0 Å². The van der Waals surface area contributed by atoms with E-state index in [4.69, 9.17) is 4.52 Å². The molecular formula is C17H17N5O2S. The molecule has 8 heteroatoms. The fourth-order valence-electron chi connectivity index (χ4n) is 3.06. The van der Waals surface area contributed by atoms with Crippen LogP contribution in [0.1, 0.15) is 28.4 Å². The summed E-state index contributed by atoms with van der Waals surface area (Å²) >= 11 is 1.51.